The largest absolute Gasteiger partial charge is 0.477 e. The van der Waals surface area contributed by atoms with Crippen LogP contribution in [0.4, 0.5) is 4.79 Å². The van der Waals surface area contributed by atoms with Gasteiger partial charge in [-0.25, -0.2) is 9.78 Å². The van der Waals surface area contributed by atoms with E-state index in [4.69, 9.17) is 9.47 Å². The van der Waals surface area contributed by atoms with Crippen molar-refractivity contribution >= 4 is 6.03 Å². The molecule has 2 aliphatic rings. The minimum atomic E-state index is -0.141. The number of aryl methyl sites for hydroxylation is 1. The molecule has 2 saturated heterocycles. The van der Waals surface area contributed by atoms with Gasteiger partial charge in [-0.1, -0.05) is 0 Å². The van der Waals surface area contributed by atoms with E-state index in [1.165, 1.54) is 0 Å². The normalized spacial score (nSPS) is 22.1. The third-order valence-corrected chi connectivity index (χ3v) is 4.72. The maximum atomic E-state index is 12.0. The number of carbonyl (C=O) groups is 1. The molecule has 0 bridgehead atoms. The van der Waals surface area contributed by atoms with Crippen LogP contribution in [-0.4, -0.2) is 71.8 Å². The lowest BCUT2D eigenvalue weighted by molar-refractivity contribution is -0.167. The first-order valence-corrected chi connectivity index (χ1v) is 8.49. The Morgan fingerprint density at radius 1 is 1.46 bits per heavy atom. The summed E-state index contributed by atoms with van der Waals surface area (Å²) in [6.45, 7) is 4.70. The van der Waals surface area contributed by atoms with Crippen LogP contribution in [0, 0.1) is 12.8 Å². The lowest BCUT2D eigenvalue weighted by Crippen LogP contribution is -2.67. The summed E-state index contributed by atoms with van der Waals surface area (Å²) in [5, 5.41) is 0. The van der Waals surface area contributed by atoms with Gasteiger partial charge in [0.05, 0.1) is 31.6 Å². The Morgan fingerprint density at radius 2 is 2.25 bits per heavy atom. The highest BCUT2D eigenvalue weighted by Gasteiger charge is 2.49. The topological polar surface area (TPSA) is 67.8 Å². The fourth-order valence-electron chi connectivity index (χ4n) is 3.50. The SMILES string of the molecule is Cc1cncc(OCC[C@@H]2CCOC3(C2)CN(C(=O)N(C)C)C3)n1. The van der Waals surface area contributed by atoms with Gasteiger partial charge >= 0.3 is 6.03 Å². The molecule has 1 aromatic heterocycles. The molecule has 2 aliphatic heterocycles. The molecule has 132 valence electrons. The third-order valence-electron chi connectivity index (χ3n) is 4.72. The summed E-state index contributed by atoms with van der Waals surface area (Å²) in [4.78, 5) is 23.8. The Morgan fingerprint density at radius 3 is 2.96 bits per heavy atom. The van der Waals surface area contributed by atoms with Crippen molar-refractivity contribution in [3.05, 3.63) is 18.1 Å². The molecule has 0 radical (unpaired) electrons. The Kier molecular flexibility index (Phi) is 4.89. The maximum absolute atomic E-state index is 12.0. The summed E-state index contributed by atoms with van der Waals surface area (Å²) in [6.07, 6.45) is 6.38. The van der Waals surface area contributed by atoms with Crippen molar-refractivity contribution in [2.24, 2.45) is 5.92 Å². The van der Waals surface area contributed by atoms with E-state index in [0.29, 0.717) is 31.5 Å². The quantitative estimate of drug-likeness (QED) is 0.839. The highest BCUT2D eigenvalue weighted by molar-refractivity contribution is 5.75. The van der Waals surface area contributed by atoms with Crippen LogP contribution in [0.25, 0.3) is 0 Å². The van der Waals surface area contributed by atoms with Crippen molar-refractivity contribution < 1.29 is 14.3 Å². The zero-order chi connectivity index (χ0) is 17.2. The van der Waals surface area contributed by atoms with Gasteiger partial charge in [-0.2, -0.15) is 0 Å². The summed E-state index contributed by atoms with van der Waals surface area (Å²) in [7, 11) is 3.56. The van der Waals surface area contributed by atoms with Gasteiger partial charge < -0.3 is 19.3 Å². The minimum absolute atomic E-state index is 0.0627. The second-order valence-electron chi connectivity index (χ2n) is 7.06. The first-order chi connectivity index (χ1) is 11.5. The van der Waals surface area contributed by atoms with Gasteiger partial charge in [-0.15, -0.1) is 0 Å². The Bertz CT molecular complexity index is 587. The van der Waals surface area contributed by atoms with Crippen LogP contribution in [0.15, 0.2) is 12.4 Å². The van der Waals surface area contributed by atoms with Crippen molar-refractivity contribution in [2.45, 2.75) is 31.8 Å². The summed E-state index contributed by atoms with van der Waals surface area (Å²) < 4.78 is 11.7. The molecule has 1 atom stereocenters. The molecule has 2 fully saturated rings. The molecule has 3 heterocycles. The predicted octanol–water partition coefficient (Wildman–Crippen LogP) is 1.72. The summed E-state index contributed by atoms with van der Waals surface area (Å²) in [6, 6.07) is 0.0627. The molecule has 0 N–H and O–H groups in total. The molecule has 2 amide bonds. The van der Waals surface area contributed by atoms with Gasteiger partial charge in [0.1, 0.15) is 5.60 Å². The number of aromatic nitrogens is 2. The number of rotatable bonds is 4. The van der Waals surface area contributed by atoms with E-state index < -0.39 is 0 Å². The molecule has 7 heteroatoms. The molecule has 0 aliphatic carbocycles. The number of amides is 2. The lowest BCUT2D eigenvalue weighted by atomic mass is 9.79. The van der Waals surface area contributed by atoms with Crippen molar-refractivity contribution in [2.75, 3.05) is 40.4 Å². The van der Waals surface area contributed by atoms with E-state index in [2.05, 4.69) is 9.97 Å². The van der Waals surface area contributed by atoms with Gasteiger partial charge in [-0.05, 0) is 32.1 Å². The van der Waals surface area contributed by atoms with Crippen molar-refractivity contribution in [3.8, 4) is 5.88 Å². The molecule has 0 aromatic carbocycles. The van der Waals surface area contributed by atoms with Crippen LogP contribution < -0.4 is 4.74 Å². The van der Waals surface area contributed by atoms with Gasteiger partial charge in [0.2, 0.25) is 5.88 Å². The Hall–Kier alpha value is -1.89. The smallest absolute Gasteiger partial charge is 0.319 e. The molecule has 1 spiro atoms. The summed E-state index contributed by atoms with van der Waals surface area (Å²) in [5.74, 6) is 1.15. The molecule has 7 nitrogen and oxygen atoms in total. The number of urea groups is 1. The van der Waals surface area contributed by atoms with Crippen LogP contribution in [0.5, 0.6) is 5.88 Å². The average molecular weight is 334 g/mol. The molecular weight excluding hydrogens is 308 g/mol. The zero-order valence-electron chi connectivity index (χ0n) is 14.7. The van der Waals surface area contributed by atoms with Crippen LogP contribution in [0.1, 0.15) is 25.0 Å². The molecule has 1 aromatic rings. The molecule has 0 saturated carbocycles. The monoisotopic (exact) mass is 334 g/mol. The zero-order valence-corrected chi connectivity index (χ0v) is 14.7. The van der Waals surface area contributed by atoms with Crippen molar-refractivity contribution in [3.63, 3.8) is 0 Å². The first-order valence-electron chi connectivity index (χ1n) is 8.49. The predicted molar refractivity (Wildman–Crippen MR) is 88.9 cm³/mol. The van der Waals surface area contributed by atoms with E-state index in [-0.39, 0.29) is 11.6 Å². The number of nitrogens with zero attached hydrogens (tertiary/aromatic N) is 4. The average Bonchev–Trinajstić information content (AvgIpc) is 2.52. The number of likely N-dealkylation sites (tertiary alicyclic amines) is 1. The second kappa shape index (κ2) is 6.93. The third kappa shape index (κ3) is 3.77. The van der Waals surface area contributed by atoms with E-state index in [1.54, 1.807) is 31.4 Å². The van der Waals surface area contributed by atoms with Gasteiger partial charge in [0.25, 0.3) is 0 Å². The highest BCUT2D eigenvalue weighted by Crippen LogP contribution is 2.38. The minimum Gasteiger partial charge on any atom is -0.477 e. The standard InChI is InChI=1S/C17H26N4O3/c1-13-9-18-10-15(19-13)23-6-4-14-5-7-24-17(8-14)11-21(12-17)16(22)20(2)3/h9-10,14H,4-8,11-12H2,1-3H3/t14-/m1/s1. The summed E-state index contributed by atoms with van der Waals surface area (Å²) >= 11 is 0. The fraction of sp³-hybridized carbons (Fsp3) is 0.706. The van der Waals surface area contributed by atoms with Gasteiger partial charge in [-0.3, -0.25) is 4.98 Å². The highest BCUT2D eigenvalue weighted by atomic mass is 16.5. The number of carbonyl (C=O) groups excluding carboxylic acids is 1. The Balaban J connectivity index is 1.44. The van der Waals surface area contributed by atoms with E-state index in [0.717, 1.165) is 31.6 Å². The van der Waals surface area contributed by atoms with Gasteiger partial charge in [0, 0.05) is 26.9 Å². The molecular formula is C17H26N4O3. The van der Waals surface area contributed by atoms with Crippen LogP contribution in [0.3, 0.4) is 0 Å². The Labute approximate surface area is 143 Å². The van der Waals surface area contributed by atoms with Crippen molar-refractivity contribution in [1.82, 2.24) is 19.8 Å². The van der Waals surface area contributed by atoms with Crippen LogP contribution in [-0.2, 0) is 4.74 Å². The molecule has 24 heavy (non-hydrogen) atoms. The van der Waals surface area contributed by atoms with Crippen molar-refractivity contribution in [1.29, 1.82) is 0 Å². The molecule has 3 rings (SSSR count). The second-order valence-corrected chi connectivity index (χ2v) is 7.06. The van der Waals surface area contributed by atoms with Gasteiger partial charge in [0.15, 0.2) is 0 Å². The van der Waals surface area contributed by atoms with Crippen LogP contribution in [0.2, 0.25) is 0 Å². The lowest BCUT2D eigenvalue weighted by Gasteiger charge is -2.53. The maximum Gasteiger partial charge on any atom is 0.319 e. The van der Waals surface area contributed by atoms with Crippen LogP contribution >= 0.6 is 0 Å². The number of ether oxygens (including phenoxy) is 2. The number of hydrogen-bond donors (Lipinski definition) is 0. The van der Waals surface area contributed by atoms with E-state index >= 15 is 0 Å². The fourth-order valence-corrected chi connectivity index (χ4v) is 3.50. The first kappa shape index (κ1) is 17.0. The number of hydrogen-bond acceptors (Lipinski definition) is 5. The van der Waals surface area contributed by atoms with E-state index in [9.17, 15) is 4.79 Å². The van der Waals surface area contributed by atoms with E-state index in [1.807, 2.05) is 11.8 Å². The summed E-state index contributed by atoms with van der Waals surface area (Å²) in [5.41, 5.74) is 0.718. The molecule has 0 unspecified atom stereocenters.